The predicted octanol–water partition coefficient (Wildman–Crippen LogP) is 2.48. The van der Waals surface area contributed by atoms with Crippen molar-refractivity contribution >= 4 is 47.5 Å². The van der Waals surface area contributed by atoms with Gasteiger partial charge in [0.1, 0.15) is 5.66 Å². The van der Waals surface area contributed by atoms with Crippen molar-refractivity contribution in [2.75, 3.05) is 0 Å². The Morgan fingerprint density at radius 2 is 1.86 bits per heavy atom. The number of nitrogens with two attached hydrogens (primary N) is 1. The van der Waals surface area contributed by atoms with Crippen LogP contribution in [0.1, 0.15) is 19.4 Å². The van der Waals surface area contributed by atoms with Gasteiger partial charge in [0.25, 0.3) is 0 Å². The number of hydrogen-bond acceptors (Lipinski definition) is 5. The van der Waals surface area contributed by atoms with Crippen LogP contribution in [0.15, 0.2) is 46.5 Å². The number of fused-ring (bicyclic) bond motifs is 1. The summed E-state index contributed by atoms with van der Waals surface area (Å²) in [4.78, 5) is 13.2. The van der Waals surface area contributed by atoms with Crippen LogP contribution >= 0.6 is 24.8 Å². The molecule has 0 amide bonds. The molecule has 0 fully saturated rings. The van der Waals surface area contributed by atoms with Crippen molar-refractivity contribution in [1.82, 2.24) is 10.3 Å². The molecule has 1 aromatic heterocycles. The highest BCUT2D eigenvalue weighted by Crippen LogP contribution is 2.17. The first-order valence-electron chi connectivity index (χ1n) is 6.11. The molecule has 112 valence electrons. The van der Waals surface area contributed by atoms with Crippen LogP contribution in [0.3, 0.4) is 0 Å². The second-order valence-corrected chi connectivity index (χ2v) is 5.03. The Kier molecular flexibility index (Phi) is 5.15. The first kappa shape index (κ1) is 17.2. The lowest BCUT2D eigenvalue weighted by atomic mass is 10.1. The van der Waals surface area contributed by atoms with E-state index in [9.17, 15) is 0 Å². The van der Waals surface area contributed by atoms with Gasteiger partial charge in [-0.3, -0.25) is 4.98 Å². The van der Waals surface area contributed by atoms with E-state index < -0.39 is 5.66 Å². The van der Waals surface area contributed by atoms with E-state index in [2.05, 4.69) is 20.3 Å². The second-order valence-electron chi connectivity index (χ2n) is 5.03. The number of nitrogens with one attached hydrogen (secondary N) is 1. The maximum Gasteiger partial charge on any atom is 0.197 e. The fourth-order valence-electron chi connectivity index (χ4n) is 2.10. The van der Waals surface area contributed by atoms with E-state index in [0.717, 1.165) is 16.5 Å². The lowest BCUT2D eigenvalue weighted by Gasteiger charge is -2.26. The molecule has 1 aromatic carbocycles. The molecular weight excluding hydrogens is 309 g/mol. The Morgan fingerprint density at radius 1 is 1.14 bits per heavy atom. The number of aromatic nitrogens is 1. The maximum absolute atomic E-state index is 5.79. The van der Waals surface area contributed by atoms with Gasteiger partial charge in [0, 0.05) is 17.1 Å². The summed E-state index contributed by atoms with van der Waals surface area (Å²) in [6.07, 6.45) is 1.78. The molecule has 0 bridgehead atoms. The summed E-state index contributed by atoms with van der Waals surface area (Å²) in [5.41, 5.74) is 7.16. The normalized spacial score (nSPS) is 15.9. The molecule has 2 heterocycles. The van der Waals surface area contributed by atoms with Gasteiger partial charge in [0.05, 0.1) is 5.52 Å². The molecule has 1 aliphatic rings. The maximum atomic E-state index is 5.79. The Morgan fingerprint density at radius 3 is 2.57 bits per heavy atom. The zero-order valence-corrected chi connectivity index (χ0v) is 13.3. The van der Waals surface area contributed by atoms with E-state index in [-0.39, 0.29) is 24.8 Å². The highest BCUT2D eigenvalue weighted by atomic mass is 35.5. The van der Waals surface area contributed by atoms with Gasteiger partial charge in [-0.2, -0.15) is 4.99 Å². The highest BCUT2D eigenvalue weighted by molar-refractivity contribution is 6.08. The van der Waals surface area contributed by atoms with Crippen LogP contribution in [0.4, 0.5) is 0 Å². The molecule has 21 heavy (non-hydrogen) atoms. The summed E-state index contributed by atoms with van der Waals surface area (Å²) in [5, 5.41) is 4.08. The summed E-state index contributed by atoms with van der Waals surface area (Å²) in [6.45, 7) is 3.89. The number of halogens is 2. The van der Waals surface area contributed by atoms with Crippen LogP contribution in [0, 0.1) is 0 Å². The zero-order chi connectivity index (χ0) is 13.5. The third-order valence-corrected chi connectivity index (χ3v) is 2.89. The average molecular weight is 326 g/mol. The average Bonchev–Trinajstić information content (AvgIpc) is 2.36. The highest BCUT2D eigenvalue weighted by Gasteiger charge is 2.23. The predicted molar refractivity (Wildman–Crippen MR) is 91.6 cm³/mol. The summed E-state index contributed by atoms with van der Waals surface area (Å²) in [6, 6.07) is 9.98. The van der Waals surface area contributed by atoms with Crippen molar-refractivity contribution in [2.45, 2.75) is 19.5 Å². The zero-order valence-electron chi connectivity index (χ0n) is 11.7. The quantitative estimate of drug-likeness (QED) is 0.845. The summed E-state index contributed by atoms with van der Waals surface area (Å²) in [7, 11) is 0. The minimum atomic E-state index is -0.452. The first-order valence-corrected chi connectivity index (χ1v) is 6.11. The smallest absolute Gasteiger partial charge is 0.197 e. The number of nitrogens with zero attached hydrogens (tertiary/aromatic N) is 3. The molecule has 5 nitrogen and oxygen atoms in total. The lowest BCUT2D eigenvalue weighted by molar-refractivity contribution is 0.478. The molecule has 0 aliphatic carbocycles. The van der Waals surface area contributed by atoms with Crippen LogP contribution < -0.4 is 11.1 Å². The SMILES string of the molecule is CC1(C)N=C(c2cnc3ccccc3c2)N=C(N)N1.Cl.Cl. The number of pyridine rings is 1. The van der Waals surface area contributed by atoms with E-state index in [1.54, 1.807) is 6.20 Å². The minimum absolute atomic E-state index is 0. The molecule has 0 radical (unpaired) electrons. The molecule has 0 saturated carbocycles. The molecule has 3 N–H and O–H groups in total. The fourth-order valence-corrected chi connectivity index (χ4v) is 2.10. The Hall–Kier alpha value is -1.85. The topological polar surface area (TPSA) is 75.7 Å². The number of guanidine groups is 1. The van der Waals surface area contributed by atoms with Gasteiger partial charge in [0.2, 0.25) is 0 Å². The van der Waals surface area contributed by atoms with Crippen LogP contribution in [-0.2, 0) is 0 Å². The number of aliphatic imine (C=N–C) groups is 2. The number of para-hydroxylation sites is 1. The number of amidine groups is 1. The van der Waals surface area contributed by atoms with Gasteiger partial charge < -0.3 is 11.1 Å². The lowest BCUT2D eigenvalue weighted by Crippen LogP contribution is -2.49. The fraction of sp³-hybridized carbons (Fsp3) is 0.214. The minimum Gasteiger partial charge on any atom is -0.370 e. The van der Waals surface area contributed by atoms with Gasteiger partial charge >= 0.3 is 0 Å². The van der Waals surface area contributed by atoms with Crippen LogP contribution in [0.25, 0.3) is 10.9 Å². The Balaban J connectivity index is 0.00000110. The van der Waals surface area contributed by atoms with Crippen molar-refractivity contribution in [1.29, 1.82) is 0 Å². The molecule has 1 aliphatic heterocycles. The van der Waals surface area contributed by atoms with Crippen LogP contribution in [0.2, 0.25) is 0 Å². The molecule has 0 unspecified atom stereocenters. The molecule has 2 aromatic rings. The number of rotatable bonds is 1. The van der Waals surface area contributed by atoms with Gasteiger partial charge in [-0.05, 0) is 26.0 Å². The van der Waals surface area contributed by atoms with E-state index in [4.69, 9.17) is 5.73 Å². The van der Waals surface area contributed by atoms with Crippen molar-refractivity contribution in [3.63, 3.8) is 0 Å². The largest absolute Gasteiger partial charge is 0.370 e. The van der Waals surface area contributed by atoms with Crippen LogP contribution in [-0.4, -0.2) is 22.4 Å². The molecule has 3 rings (SSSR count). The molecule has 0 spiro atoms. The van der Waals surface area contributed by atoms with Crippen molar-refractivity contribution in [3.8, 4) is 0 Å². The van der Waals surface area contributed by atoms with Gasteiger partial charge in [-0.1, -0.05) is 18.2 Å². The van der Waals surface area contributed by atoms with Crippen molar-refractivity contribution in [2.24, 2.45) is 15.7 Å². The third kappa shape index (κ3) is 3.62. The Labute approximate surface area is 135 Å². The van der Waals surface area contributed by atoms with Crippen molar-refractivity contribution in [3.05, 3.63) is 42.1 Å². The standard InChI is InChI=1S/C14H15N5.2ClH/c1-14(2)18-12(17-13(15)19-14)10-7-9-5-3-4-6-11(9)16-8-10;;/h3-8H,1-2H3,(H3,15,17,18,19);2*1H. The molecular formula is C14H17Cl2N5. The van der Waals surface area contributed by atoms with Crippen LogP contribution in [0.5, 0.6) is 0 Å². The molecule has 7 heteroatoms. The Bertz CT molecular complexity index is 709. The second kappa shape index (κ2) is 6.28. The summed E-state index contributed by atoms with van der Waals surface area (Å²) in [5.74, 6) is 0.989. The summed E-state index contributed by atoms with van der Waals surface area (Å²) < 4.78 is 0. The van der Waals surface area contributed by atoms with Gasteiger partial charge in [-0.25, -0.2) is 4.99 Å². The van der Waals surface area contributed by atoms with Crippen molar-refractivity contribution < 1.29 is 0 Å². The van der Waals surface area contributed by atoms with E-state index in [1.807, 2.05) is 44.2 Å². The van der Waals surface area contributed by atoms with E-state index in [0.29, 0.717) is 11.8 Å². The molecule has 0 atom stereocenters. The van der Waals surface area contributed by atoms with E-state index in [1.165, 1.54) is 0 Å². The third-order valence-electron chi connectivity index (χ3n) is 2.89. The number of hydrogen-bond donors (Lipinski definition) is 2. The summed E-state index contributed by atoms with van der Waals surface area (Å²) >= 11 is 0. The van der Waals surface area contributed by atoms with E-state index >= 15 is 0 Å². The first-order chi connectivity index (χ1) is 9.03. The monoisotopic (exact) mass is 325 g/mol. The molecule has 0 saturated heterocycles. The van der Waals surface area contributed by atoms with Gasteiger partial charge in [0.15, 0.2) is 11.8 Å². The van der Waals surface area contributed by atoms with Gasteiger partial charge in [-0.15, -0.1) is 24.8 Å². The number of benzene rings is 1.